The molecule has 0 rings (SSSR count). The number of carbonyl (C=O) groups excluding carboxylic acids is 1. The molecule has 0 spiro atoms. The quantitative estimate of drug-likeness (QED) is 0.221. The second kappa shape index (κ2) is 18.6. The van der Waals surface area contributed by atoms with Crippen LogP contribution in [0.2, 0.25) is 0 Å². The van der Waals surface area contributed by atoms with Crippen LogP contribution in [0, 0.1) is 0 Å². The lowest BCUT2D eigenvalue weighted by atomic mass is 10.7. The molecule has 0 saturated heterocycles. The van der Waals surface area contributed by atoms with Gasteiger partial charge in [-0.05, 0) is 0 Å². The van der Waals surface area contributed by atoms with Crippen LogP contribution in [0.25, 0.3) is 0 Å². The number of esters is 1. The Hall–Kier alpha value is -0.440. The smallest absolute Gasteiger partial charge is 0.302 e. The highest BCUT2D eigenvalue weighted by Gasteiger charge is 1.94. The van der Waals surface area contributed by atoms with E-state index in [9.17, 15) is 4.79 Å². The number of ether oxygens (including phenoxy) is 6. The molecule has 22 heavy (non-hydrogen) atoms. The normalized spacial score (nSPS) is 10.8. The Balaban J connectivity index is 2.95. The van der Waals surface area contributed by atoms with Gasteiger partial charge in [-0.1, -0.05) is 0 Å². The van der Waals surface area contributed by atoms with Crippen LogP contribution >= 0.6 is 11.6 Å². The summed E-state index contributed by atoms with van der Waals surface area (Å²) in [4.78, 5) is 10.5. The maximum absolute atomic E-state index is 10.5. The second-order valence-corrected chi connectivity index (χ2v) is 4.47. The summed E-state index contributed by atoms with van der Waals surface area (Å²) in [7, 11) is 0. The molecule has 0 aliphatic carbocycles. The van der Waals surface area contributed by atoms with Crippen molar-refractivity contribution in [2.45, 2.75) is 6.92 Å². The van der Waals surface area contributed by atoms with E-state index in [2.05, 4.69) is 0 Å². The van der Waals surface area contributed by atoms with E-state index in [1.54, 1.807) is 0 Å². The zero-order valence-electron chi connectivity index (χ0n) is 13.2. The van der Waals surface area contributed by atoms with Crippen LogP contribution in [0.3, 0.4) is 0 Å². The molecule has 0 aliphatic heterocycles. The topological polar surface area (TPSA) is 72.5 Å². The molecule has 0 N–H and O–H groups in total. The van der Waals surface area contributed by atoms with Gasteiger partial charge in [-0.25, -0.2) is 0 Å². The van der Waals surface area contributed by atoms with Gasteiger partial charge in [0.2, 0.25) is 0 Å². The Kier molecular flexibility index (Phi) is 18.2. The van der Waals surface area contributed by atoms with Crippen molar-refractivity contribution < 1.29 is 33.2 Å². The second-order valence-electron chi connectivity index (χ2n) is 4.09. The molecule has 0 saturated carbocycles. The van der Waals surface area contributed by atoms with Gasteiger partial charge < -0.3 is 28.4 Å². The van der Waals surface area contributed by atoms with Gasteiger partial charge in [-0.15, -0.1) is 11.6 Å². The Morgan fingerprint density at radius 1 is 0.636 bits per heavy atom. The first-order valence-corrected chi connectivity index (χ1v) is 7.89. The van der Waals surface area contributed by atoms with E-state index in [0.29, 0.717) is 71.9 Å². The first-order valence-electron chi connectivity index (χ1n) is 7.35. The summed E-state index contributed by atoms with van der Waals surface area (Å²) in [5, 5.41) is 0. The summed E-state index contributed by atoms with van der Waals surface area (Å²) in [5.74, 6) is 0.198. The minimum Gasteiger partial charge on any atom is -0.463 e. The number of carbonyl (C=O) groups is 1. The van der Waals surface area contributed by atoms with Gasteiger partial charge in [-0.2, -0.15) is 0 Å². The van der Waals surface area contributed by atoms with Crippen molar-refractivity contribution >= 4 is 17.6 Å². The zero-order chi connectivity index (χ0) is 16.3. The molecule has 0 amide bonds. The number of halogens is 1. The van der Waals surface area contributed by atoms with Crippen molar-refractivity contribution in [2.75, 3.05) is 78.6 Å². The molecule has 0 bridgehead atoms. The van der Waals surface area contributed by atoms with E-state index in [1.807, 2.05) is 0 Å². The average molecular weight is 343 g/mol. The fourth-order valence-electron chi connectivity index (χ4n) is 1.28. The van der Waals surface area contributed by atoms with Gasteiger partial charge in [-0.3, -0.25) is 4.79 Å². The van der Waals surface area contributed by atoms with Crippen LogP contribution in [0.4, 0.5) is 0 Å². The fraction of sp³-hybridized carbons (Fsp3) is 0.929. The summed E-state index contributed by atoms with van der Waals surface area (Å²) < 4.78 is 31.0. The van der Waals surface area contributed by atoms with Crippen molar-refractivity contribution in [1.29, 1.82) is 0 Å². The molecule has 0 aromatic rings. The van der Waals surface area contributed by atoms with E-state index < -0.39 is 0 Å². The highest BCUT2D eigenvalue weighted by atomic mass is 35.5. The van der Waals surface area contributed by atoms with Crippen molar-refractivity contribution in [1.82, 2.24) is 0 Å². The van der Waals surface area contributed by atoms with E-state index in [1.165, 1.54) is 6.92 Å². The molecule has 0 heterocycles. The Morgan fingerprint density at radius 3 is 1.27 bits per heavy atom. The lowest BCUT2D eigenvalue weighted by Crippen LogP contribution is -2.14. The summed E-state index contributed by atoms with van der Waals surface area (Å²) in [6.07, 6.45) is 0. The van der Waals surface area contributed by atoms with E-state index in [-0.39, 0.29) is 12.6 Å². The van der Waals surface area contributed by atoms with Gasteiger partial charge in [0.1, 0.15) is 6.61 Å². The maximum atomic E-state index is 10.5. The number of alkyl halides is 1. The predicted octanol–water partition coefficient (Wildman–Crippen LogP) is 0.871. The average Bonchev–Trinajstić information content (AvgIpc) is 2.50. The predicted molar refractivity (Wildman–Crippen MR) is 81.4 cm³/mol. The van der Waals surface area contributed by atoms with Crippen LogP contribution in [-0.2, 0) is 33.2 Å². The molecule has 8 heteroatoms. The molecule has 132 valence electrons. The largest absolute Gasteiger partial charge is 0.463 e. The molecule has 0 fully saturated rings. The molecule has 0 atom stereocenters. The fourth-order valence-corrected chi connectivity index (χ4v) is 1.39. The van der Waals surface area contributed by atoms with Crippen molar-refractivity contribution in [2.24, 2.45) is 0 Å². The van der Waals surface area contributed by atoms with Gasteiger partial charge in [0.15, 0.2) is 0 Å². The molecule has 0 aliphatic rings. The highest BCUT2D eigenvalue weighted by Crippen LogP contribution is 1.85. The summed E-state index contributed by atoms with van der Waals surface area (Å²) in [6.45, 7) is 6.68. The Labute approximate surface area is 137 Å². The summed E-state index contributed by atoms with van der Waals surface area (Å²) >= 11 is 5.45. The third kappa shape index (κ3) is 19.6. The lowest BCUT2D eigenvalue weighted by molar-refractivity contribution is -0.142. The Bertz CT molecular complexity index is 241. The first-order chi connectivity index (χ1) is 10.8. The molecule has 7 nitrogen and oxygen atoms in total. The number of hydrogen-bond acceptors (Lipinski definition) is 7. The summed E-state index contributed by atoms with van der Waals surface area (Å²) in [6, 6.07) is 0. The highest BCUT2D eigenvalue weighted by molar-refractivity contribution is 6.17. The monoisotopic (exact) mass is 342 g/mol. The van der Waals surface area contributed by atoms with Crippen LogP contribution in [-0.4, -0.2) is 84.5 Å². The summed E-state index contributed by atoms with van der Waals surface area (Å²) in [5.41, 5.74) is 0. The molecule has 0 aromatic carbocycles. The van der Waals surface area contributed by atoms with Crippen LogP contribution in [0.5, 0.6) is 0 Å². The third-order valence-corrected chi connectivity index (χ3v) is 2.40. The van der Waals surface area contributed by atoms with Crippen LogP contribution in [0.15, 0.2) is 0 Å². The van der Waals surface area contributed by atoms with Crippen molar-refractivity contribution in [3.63, 3.8) is 0 Å². The SMILES string of the molecule is CC(=O)OCCOCCOCCOCCOCCOCCCl. The minimum atomic E-state index is -0.302. The van der Waals surface area contributed by atoms with E-state index in [0.717, 1.165) is 0 Å². The van der Waals surface area contributed by atoms with Gasteiger partial charge in [0, 0.05) is 12.8 Å². The number of hydrogen-bond donors (Lipinski definition) is 0. The standard InChI is InChI=1S/C14H27ClO7/c1-14(16)22-13-12-21-11-10-20-9-8-19-7-6-18-5-4-17-3-2-15/h2-13H2,1H3. The third-order valence-electron chi connectivity index (χ3n) is 2.24. The van der Waals surface area contributed by atoms with Gasteiger partial charge in [0.25, 0.3) is 0 Å². The lowest BCUT2D eigenvalue weighted by Gasteiger charge is -2.07. The van der Waals surface area contributed by atoms with Crippen LogP contribution in [0.1, 0.15) is 6.92 Å². The zero-order valence-corrected chi connectivity index (χ0v) is 14.0. The molecule has 0 unspecified atom stereocenters. The first kappa shape index (κ1) is 21.6. The molecule has 0 radical (unpaired) electrons. The van der Waals surface area contributed by atoms with E-state index >= 15 is 0 Å². The Morgan fingerprint density at radius 2 is 0.955 bits per heavy atom. The molecule has 0 aromatic heterocycles. The molecular weight excluding hydrogens is 316 g/mol. The minimum absolute atomic E-state index is 0.273. The van der Waals surface area contributed by atoms with E-state index in [4.69, 9.17) is 40.0 Å². The van der Waals surface area contributed by atoms with Gasteiger partial charge >= 0.3 is 5.97 Å². The van der Waals surface area contributed by atoms with Crippen molar-refractivity contribution in [3.8, 4) is 0 Å². The van der Waals surface area contributed by atoms with Crippen molar-refractivity contribution in [3.05, 3.63) is 0 Å². The molecular formula is C14H27ClO7. The van der Waals surface area contributed by atoms with Gasteiger partial charge in [0.05, 0.1) is 66.1 Å². The number of rotatable bonds is 17. The van der Waals surface area contributed by atoms with Crippen LogP contribution < -0.4 is 0 Å². The maximum Gasteiger partial charge on any atom is 0.302 e.